The second kappa shape index (κ2) is 8.57. The molecule has 0 fully saturated rings. The van der Waals surface area contributed by atoms with Crippen LogP contribution in [0.15, 0.2) is 24.3 Å². The Labute approximate surface area is 122 Å². The molecule has 2 unspecified atom stereocenters. The maximum absolute atomic E-state index is 6.32. The molecule has 0 aliphatic rings. The molecular formula is C16H26ClNO. The molecule has 2 nitrogen and oxygen atoms in total. The van der Waals surface area contributed by atoms with E-state index in [0.29, 0.717) is 11.8 Å². The van der Waals surface area contributed by atoms with Gasteiger partial charge in [0.1, 0.15) is 0 Å². The van der Waals surface area contributed by atoms with Crippen molar-refractivity contribution in [3.8, 4) is 0 Å². The first-order chi connectivity index (χ1) is 9.04. The summed E-state index contributed by atoms with van der Waals surface area (Å²) in [5, 5.41) is 4.38. The van der Waals surface area contributed by atoms with Gasteiger partial charge in [-0.3, -0.25) is 0 Å². The average molecular weight is 284 g/mol. The molecule has 0 spiro atoms. The molecule has 19 heavy (non-hydrogen) atoms. The lowest BCUT2D eigenvalue weighted by molar-refractivity contribution is 0.104. The fraction of sp³-hybridized carbons (Fsp3) is 0.625. The van der Waals surface area contributed by atoms with Gasteiger partial charge >= 0.3 is 0 Å². The average Bonchev–Trinajstić information content (AvgIpc) is 2.37. The summed E-state index contributed by atoms with van der Waals surface area (Å²) in [5.41, 5.74) is 1.21. The van der Waals surface area contributed by atoms with Crippen LogP contribution < -0.4 is 5.32 Å². The van der Waals surface area contributed by atoms with E-state index in [1.54, 1.807) is 7.11 Å². The van der Waals surface area contributed by atoms with E-state index >= 15 is 0 Å². The number of ether oxygens (including phenoxy) is 1. The predicted molar refractivity (Wildman–Crippen MR) is 83.0 cm³/mol. The minimum Gasteiger partial charge on any atom is -0.382 e. The lowest BCUT2D eigenvalue weighted by Gasteiger charge is -2.22. The second-order valence-electron chi connectivity index (χ2n) is 5.55. The molecule has 108 valence electrons. The quantitative estimate of drug-likeness (QED) is 0.776. The van der Waals surface area contributed by atoms with Crippen molar-refractivity contribution in [2.24, 2.45) is 5.92 Å². The molecule has 0 aliphatic carbocycles. The first kappa shape index (κ1) is 16.5. The van der Waals surface area contributed by atoms with E-state index in [4.69, 9.17) is 16.3 Å². The zero-order chi connectivity index (χ0) is 14.3. The van der Waals surface area contributed by atoms with Gasteiger partial charge in [0.05, 0.1) is 6.10 Å². The van der Waals surface area contributed by atoms with Crippen molar-refractivity contribution in [2.45, 2.75) is 39.2 Å². The van der Waals surface area contributed by atoms with Gasteiger partial charge in [-0.2, -0.15) is 0 Å². The molecule has 0 aliphatic heterocycles. The van der Waals surface area contributed by atoms with Gasteiger partial charge in [-0.1, -0.05) is 43.6 Å². The first-order valence-corrected chi connectivity index (χ1v) is 7.40. The maximum atomic E-state index is 6.32. The van der Waals surface area contributed by atoms with Gasteiger partial charge in [-0.05, 0) is 37.4 Å². The van der Waals surface area contributed by atoms with Crippen molar-refractivity contribution in [3.63, 3.8) is 0 Å². The Kier molecular flexibility index (Phi) is 7.44. The minimum atomic E-state index is 0.238. The number of benzene rings is 1. The van der Waals surface area contributed by atoms with Gasteiger partial charge in [0.2, 0.25) is 0 Å². The van der Waals surface area contributed by atoms with Crippen molar-refractivity contribution >= 4 is 11.6 Å². The third-order valence-electron chi connectivity index (χ3n) is 3.31. The van der Waals surface area contributed by atoms with E-state index in [0.717, 1.165) is 24.5 Å². The third kappa shape index (κ3) is 5.94. The van der Waals surface area contributed by atoms with Crippen LogP contribution in [0.5, 0.6) is 0 Å². The van der Waals surface area contributed by atoms with Gasteiger partial charge in [-0.25, -0.2) is 0 Å². The molecule has 2 atom stereocenters. The van der Waals surface area contributed by atoms with Crippen LogP contribution >= 0.6 is 11.6 Å². The van der Waals surface area contributed by atoms with E-state index in [2.05, 4.69) is 32.2 Å². The van der Waals surface area contributed by atoms with Crippen molar-refractivity contribution in [3.05, 3.63) is 34.9 Å². The van der Waals surface area contributed by atoms with E-state index in [9.17, 15) is 0 Å². The molecule has 1 N–H and O–H groups in total. The molecule has 0 aromatic heterocycles. The van der Waals surface area contributed by atoms with Gasteiger partial charge in [0.25, 0.3) is 0 Å². The first-order valence-electron chi connectivity index (χ1n) is 7.02. The number of hydrogen-bond donors (Lipinski definition) is 1. The Balaban J connectivity index is 2.71. The molecule has 1 aromatic rings. The van der Waals surface area contributed by atoms with Crippen LogP contribution in [0.25, 0.3) is 0 Å². The summed E-state index contributed by atoms with van der Waals surface area (Å²) in [5.74, 6) is 1.05. The summed E-state index contributed by atoms with van der Waals surface area (Å²) >= 11 is 6.32. The molecular weight excluding hydrogens is 258 g/mol. The van der Waals surface area contributed by atoms with Crippen LogP contribution in [0, 0.1) is 5.92 Å². The predicted octanol–water partition coefficient (Wildman–Crippen LogP) is 4.09. The molecule has 0 saturated carbocycles. The zero-order valence-corrected chi connectivity index (χ0v) is 13.2. The number of nitrogens with one attached hydrogen (secondary N) is 1. The van der Waals surface area contributed by atoms with Crippen LogP contribution in [0.2, 0.25) is 5.02 Å². The largest absolute Gasteiger partial charge is 0.382 e. The Bertz CT molecular complexity index is 368. The van der Waals surface area contributed by atoms with Crippen molar-refractivity contribution in [1.29, 1.82) is 0 Å². The fourth-order valence-electron chi connectivity index (χ4n) is 2.17. The van der Waals surface area contributed by atoms with Crippen molar-refractivity contribution in [1.82, 2.24) is 5.32 Å². The number of rotatable bonds is 8. The highest BCUT2D eigenvalue weighted by atomic mass is 35.5. The van der Waals surface area contributed by atoms with Crippen LogP contribution in [0.3, 0.4) is 0 Å². The highest BCUT2D eigenvalue weighted by Crippen LogP contribution is 2.28. The molecule has 0 radical (unpaired) electrons. The molecule has 0 saturated heterocycles. The Morgan fingerprint density at radius 1 is 1.16 bits per heavy atom. The van der Waals surface area contributed by atoms with Gasteiger partial charge in [-0.15, -0.1) is 0 Å². The van der Waals surface area contributed by atoms with Crippen molar-refractivity contribution in [2.75, 3.05) is 20.2 Å². The number of hydrogen-bond acceptors (Lipinski definition) is 2. The highest BCUT2D eigenvalue weighted by Gasteiger charge is 2.17. The lowest BCUT2D eigenvalue weighted by Crippen LogP contribution is -2.27. The Morgan fingerprint density at radius 2 is 1.84 bits per heavy atom. The zero-order valence-electron chi connectivity index (χ0n) is 12.4. The molecule has 1 rings (SSSR count). The number of halogens is 1. The normalized spacial score (nSPS) is 14.6. The number of methoxy groups -OCH3 is 1. The minimum absolute atomic E-state index is 0.238. The smallest absolute Gasteiger partial charge is 0.0549 e. The standard InChI is InChI=1S/C16H26ClNO/c1-12(2)10-18-11-14(9-13(3)19-4)15-7-5-6-8-16(15)17/h5-8,12-14,18H,9-11H2,1-4H3. The summed E-state index contributed by atoms with van der Waals surface area (Å²) in [6.45, 7) is 8.51. The van der Waals surface area contributed by atoms with Crippen LogP contribution in [0.4, 0.5) is 0 Å². The van der Waals surface area contributed by atoms with Crippen LogP contribution in [0.1, 0.15) is 38.7 Å². The van der Waals surface area contributed by atoms with E-state index in [1.165, 1.54) is 5.56 Å². The summed E-state index contributed by atoms with van der Waals surface area (Å²) < 4.78 is 5.40. The SMILES string of the molecule is COC(C)CC(CNCC(C)C)c1ccccc1Cl. The summed E-state index contributed by atoms with van der Waals surface area (Å²) in [6, 6.07) is 8.11. The van der Waals surface area contributed by atoms with Gasteiger partial charge in [0, 0.05) is 24.6 Å². The van der Waals surface area contributed by atoms with Gasteiger partial charge in [0.15, 0.2) is 0 Å². The van der Waals surface area contributed by atoms with E-state index in [-0.39, 0.29) is 6.10 Å². The summed E-state index contributed by atoms with van der Waals surface area (Å²) in [4.78, 5) is 0. The van der Waals surface area contributed by atoms with Crippen LogP contribution in [-0.2, 0) is 4.74 Å². The molecule has 0 bridgehead atoms. The molecule has 0 amide bonds. The molecule has 0 heterocycles. The summed E-state index contributed by atoms with van der Waals surface area (Å²) in [6.07, 6.45) is 1.22. The van der Waals surface area contributed by atoms with Gasteiger partial charge < -0.3 is 10.1 Å². The molecule has 3 heteroatoms. The monoisotopic (exact) mass is 283 g/mol. The third-order valence-corrected chi connectivity index (χ3v) is 3.65. The lowest BCUT2D eigenvalue weighted by atomic mass is 9.93. The van der Waals surface area contributed by atoms with E-state index < -0.39 is 0 Å². The molecule has 1 aromatic carbocycles. The maximum Gasteiger partial charge on any atom is 0.0549 e. The Hall–Kier alpha value is -0.570. The topological polar surface area (TPSA) is 21.3 Å². The van der Waals surface area contributed by atoms with Crippen molar-refractivity contribution < 1.29 is 4.74 Å². The van der Waals surface area contributed by atoms with E-state index in [1.807, 2.05) is 18.2 Å². The Morgan fingerprint density at radius 3 is 2.42 bits per heavy atom. The summed E-state index contributed by atoms with van der Waals surface area (Å²) in [7, 11) is 1.76. The second-order valence-corrected chi connectivity index (χ2v) is 5.96. The fourth-order valence-corrected chi connectivity index (χ4v) is 2.46. The van der Waals surface area contributed by atoms with Crippen LogP contribution in [-0.4, -0.2) is 26.3 Å². The highest BCUT2D eigenvalue weighted by molar-refractivity contribution is 6.31.